The number of nitrogens with two attached hydrogens (primary N) is 1. The Bertz CT molecular complexity index is 565. The van der Waals surface area contributed by atoms with Crippen LogP contribution < -0.4 is 5.73 Å². The number of hydrogen-bond acceptors (Lipinski definition) is 4. The lowest BCUT2D eigenvalue weighted by Crippen LogP contribution is -2.25. The minimum atomic E-state index is 0.147. The molecule has 1 fully saturated rings. The van der Waals surface area contributed by atoms with Crippen molar-refractivity contribution in [3.63, 3.8) is 0 Å². The topological polar surface area (TPSA) is 64.9 Å². The molecule has 4 nitrogen and oxygen atoms in total. The molecule has 2 N–H and O–H groups in total. The Kier molecular flexibility index (Phi) is 3.53. The van der Waals surface area contributed by atoms with Crippen LogP contribution in [0.2, 0.25) is 5.02 Å². The van der Waals surface area contributed by atoms with Gasteiger partial charge in [0.15, 0.2) is 5.82 Å². The summed E-state index contributed by atoms with van der Waals surface area (Å²) in [4.78, 5) is 4.38. The summed E-state index contributed by atoms with van der Waals surface area (Å²) in [7, 11) is 0. The van der Waals surface area contributed by atoms with Gasteiger partial charge in [0.25, 0.3) is 0 Å². The Morgan fingerprint density at radius 1 is 1.37 bits per heavy atom. The molecule has 1 aromatic carbocycles. The Morgan fingerprint density at radius 3 is 2.89 bits per heavy atom. The smallest absolute Gasteiger partial charge is 0.228 e. The second kappa shape index (κ2) is 5.31. The number of halogens is 1. The third-order valence-electron chi connectivity index (χ3n) is 3.45. The molecule has 0 bridgehead atoms. The first kappa shape index (κ1) is 12.6. The summed E-state index contributed by atoms with van der Waals surface area (Å²) in [5.74, 6) is 1.92. The maximum absolute atomic E-state index is 6.11. The maximum Gasteiger partial charge on any atom is 0.228 e. The van der Waals surface area contributed by atoms with Crippen LogP contribution in [0, 0.1) is 5.92 Å². The molecule has 1 unspecified atom stereocenters. The first-order valence-electron chi connectivity index (χ1n) is 6.53. The van der Waals surface area contributed by atoms with Crippen molar-refractivity contribution in [1.82, 2.24) is 10.1 Å². The van der Waals surface area contributed by atoms with Crippen LogP contribution in [0.1, 0.15) is 30.1 Å². The molecule has 1 saturated carbocycles. The highest BCUT2D eigenvalue weighted by Crippen LogP contribution is 2.32. The van der Waals surface area contributed by atoms with Gasteiger partial charge < -0.3 is 10.3 Å². The van der Waals surface area contributed by atoms with Crippen LogP contribution in [-0.4, -0.2) is 16.2 Å². The van der Waals surface area contributed by atoms with Crippen LogP contribution in [-0.2, 0) is 12.8 Å². The molecule has 2 aromatic rings. The standard InChI is InChI=1S/C14H16ClN3O/c15-11-4-2-1-3-10(11)7-13-17-14(19-18-13)8-12(16)9-5-6-9/h1-4,9,12H,5-8,16H2. The SMILES string of the molecule is NC(Cc1nc(Cc2ccccc2Cl)no1)C1CC1. The molecule has 1 aromatic heterocycles. The van der Waals surface area contributed by atoms with Crippen molar-refractivity contribution in [2.75, 3.05) is 0 Å². The van der Waals surface area contributed by atoms with Gasteiger partial charge in [0.2, 0.25) is 5.89 Å². The third-order valence-corrected chi connectivity index (χ3v) is 3.82. The molecule has 0 saturated heterocycles. The minimum Gasteiger partial charge on any atom is -0.339 e. The minimum absolute atomic E-state index is 0.147. The highest BCUT2D eigenvalue weighted by atomic mass is 35.5. The molecule has 3 rings (SSSR count). The van der Waals surface area contributed by atoms with E-state index in [1.807, 2.05) is 24.3 Å². The van der Waals surface area contributed by atoms with E-state index in [2.05, 4.69) is 10.1 Å². The molecule has 0 amide bonds. The molecule has 1 atom stereocenters. The fourth-order valence-electron chi connectivity index (χ4n) is 2.15. The molecule has 1 aliphatic carbocycles. The predicted molar refractivity (Wildman–Crippen MR) is 73.0 cm³/mol. The van der Waals surface area contributed by atoms with Gasteiger partial charge in [-0.3, -0.25) is 0 Å². The van der Waals surface area contributed by atoms with Gasteiger partial charge in [0, 0.05) is 23.9 Å². The Balaban J connectivity index is 1.66. The molecule has 0 radical (unpaired) electrons. The van der Waals surface area contributed by atoms with Crippen molar-refractivity contribution >= 4 is 11.6 Å². The van der Waals surface area contributed by atoms with Gasteiger partial charge in [-0.25, -0.2) is 0 Å². The van der Waals surface area contributed by atoms with Gasteiger partial charge in [0.05, 0.1) is 0 Å². The molecule has 100 valence electrons. The zero-order chi connectivity index (χ0) is 13.2. The fraction of sp³-hybridized carbons (Fsp3) is 0.429. The van der Waals surface area contributed by atoms with Gasteiger partial charge in [-0.1, -0.05) is 35.0 Å². The van der Waals surface area contributed by atoms with E-state index in [-0.39, 0.29) is 6.04 Å². The first-order valence-corrected chi connectivity index (χ1v) is 6.90. The number of rotatable bonds is 5. The Labute approximate surface area is 117 Å². The summed E-state index contributed by atoms with van der Waals surface area (Å²) < 4.78 is 5.24. The van der Waals surface area contributed by atoms with Crippen LogP contribution >= 0.6 is 11.6 Å². The quantitative estimate of drug-likeness (QED) is 0.912. The van der Waals surface area contributed by atoms with Crippen molar-refractivity contribution in [3.8, 4) is 0 Å². The average molecular weight is 278 g/mol. The molecule has 0 spiro atoms. The summed E-state index contributed by atoms with van der Waals surface area (Å²) in [6.45, 7) is 0. The van der Waals surface area contributed by atoms with Crippen LogP contribution in [0.15, 0.2) is 28.8 Å². The number of aromatic nitrogens is 2. The Hall–Kier alpha value is -1.39. The zero-order valence-electron chi connectivity index (χ0n) is 10.6. The predicted octanol–water partition coefficient (Wildman–Crippen LogP) is 2.59. The first-order chi connectivity index (χ1) is 9.22. The maximum atomic E-state index is 6.11. The van der Waals surface area contributed by atoms with Crippen LogP contribution in [0.5, 0.6) is 0 Å². The largest absolute Gasteiger partial charge is 0.339 e. The Morgan fingerprint density at radius 2 is 2.16 bits per heavy atom. The van der Waals surface area contributed by atoms with Crippen molar-refractivity contribution in [3.05, 3.63) is 46.6 Å². The van der Waals surface area contributed by atoms with E-state index in [9.17, 15) is 0 Å². The van der Waals surface area contributed by atoms with Gasteiger partial charge in [0.1, 0.15) is 0 Å². The number of hydrogen-bond donors (Lipinski definition) is 1. The van der Waals surface area contributed by atoms with Crippen molar-refractivity contribution < 1.29 is 4.52 Å². The van der Waals surface area contributed by atoms with Gasteiger partial charge in [-0.2, -0.15) is 4.98 Å². The highest BCUT2D eigenvalue weighted by molar-refractivity contribution is 6.31. The second-order valence-electron chi connectivity index (χ2n) is 5.08. The van der Waals surface area contributed by atoms with Crippen molar-refractivity contribution in [2.45, 2.75) is 31.7 Å². The summed E-state index contributed by atoms with van der Waals surface area (Å²) in [6.07, 6.45) is 3.70. The van der Waals surface area contributed by atoms with E-state index >= 15 is 0 Å². The summed E-state index contributed by atoms with van der Waals surface area (Å²) in [5, 5.41) is 4.71. The van der Waals surface area contributed by atoms with E-state index in [0.717, 1.165) is 10.6 Å². The molecule has 0 aliphatic heterocycles. The average Bonchev–Trinajstić information content (AvgIpc) is 3.16. The van der Waals surface area contributed by atoms with Crippen molar-refractivity contribution in [1.29, 1.82) is 0 Å². The molecular weight excluding hydrogens is 262 g/mol. The van der Waals surface area contributed by atoms with Gasteiger partial charge in [-0.15, -0.1) is 0 Å². The highest BCUT2D eigenvalue weighted by Gasteiger charge is 2.29. The summed E-state index contributed by atoms with van der Waals surface area (Å²) >= 11 is 6.11. The summed E-state index contributed by atoms with van der Waals surface area (Å²) in [6, 6.07) is 7.83. The normalized spacial score (nSPS) is 16.5. The van der Waals surface area contributed by atoms with Gasteiger partial charge >= 0.3 is 0 Å². The lowest BCUT2D eigenvalue weighted by atomic mass is 10.1. The van der Waals surface area contributed by atoms with E-state index in [0.29, 0.717) is 30.5 Å². The lowest BCUT2D eigenvalue weighted by molar-refractivity contribution is 0.359. The zero-order valence-corrected chi connectivity index (χ0v) is 11.3. The third kappa shape index (κ3) is 3.14. The van der Waals surface area contributed by atoms with E-state index in [1.165, 1.54) is 12.8 Å². The number of benzene rings is 1. The second-order valence-corrected chi connectivity index (χ2v) is 5.49. The molecule has 19 heavy (non-hydrogen) atoms. The molecule has 1 aliphatic rings. The van der Waals surface area contributed by atoms with Gasteiger partial charge in [-0.05, 0) is 30.4 Å². The van der Waals surface area contributed by atoms with Crippen molar-refractivity contribution in [2.24, 2.45) is 11.7 Å². The number of nitrogens with zero attached hydrogens (tertiary/aromatic N) is 2. The van der Waals surface area contributed by atoms with Crippen LogP contribution in [0.3, 0.4) is 0 Å². The van der Waals surface area contributed by atoms with Crippen LogP contribution in [0.25, 0.3) is 0 Å². The van der Waals surface area contributed by atoms with E-state index < -0.39 is 0 Å². The molecular formula is C14H16ClN3O. The van der Waals surface area contributed by atoms with E-state index in [4.69, 9.17) is 21.9 Å². The summed E-state index contributed by atoms with van der Waals surface area (Å²) in [5.41, 5.74) is 7.05. The molecule has 5 heteroatoms. The lowest BCUT2D eigenvalue weighted by Gasteiger charge is -2.04. The monoisotopic (exact) mass is 277 g/mol. The van der Waals surface area contributed by atoms with Crippen LogP contribution in [0.4, 0.5) is 0 Å². The van der Waals surface area contributed by atoms with E-state index in [1.54, 1.807) is 0 Å². The fourth-order valence-corrected chi connectivity index (χ4v) is 2.35. The molecule has 1 heterocycles.